The number of unbranched alkanes of at least 4 members (excludes halogenated alkanes) is 3. The summed E-state index contributed by atoms with van der Waals surface area (Å²) in [6, 6.07) is 13.4. The van der Waals surface area contributed by atoms with E-state index in [4.69, 9.17) is 4.74 Å². The molecule has 24 heavy (non-hydrogen) atoms. The largest absolute Gasteiger partial charge is 0.493 e. The molecule has 2 aromatic rings. The fourth-order valence-electron chi connectivity index (χ4n) is 2.25. The predicted octanol–water partition coefficient (Wildman–Crippen LogP) is 6.11. The Hall–Kier alpha value is -0.830. The molecule has 0 unspecified atom stereocenters. The number of anilines is 1. The molecule has 0 aliphatic carbocycles. The summed E-state index contributed by atoms with van der Waals surface area (Å²) in [7, 11) is 0. The van der Waals surface area contributed by atoms with Gasteiger partial charge in [0.2, 0.25) is 0 Å². The minimum Gasteiger partial charge on any atom is -0.493 e. The highest BCUT2D eigenvalue weighted by molar-refractivity contribution is 14.1. The molecule has 0 saturated heterocycles. The molecule has 2 aromatic carbocycles. The van der Waals surface area contributed by atoms with Crippen molar-refractivity contribution in [1.29, 1.82) is 0 Å². The fraction of sp³-hybridized carbons (Fsp3) is 0.316. The van der Waals surface area contributed by atoms with E-state index in [0.29, 0.717) is 17.9 Å². The van der Waals surface area contributed by atoms with Gasteiger partial charge in [-0.05, 0) is 94.1 Å². The third kappa shape index (κ3) is 6.23. The molecule has 0 atom stereocenters. The SMILES string of the molecule is CCCCCCOc1cc(I)ccc1C(=O)Nc1ccc(I)cc1. The summed E-state index contributed by atoms with van der Waals surface area (Å²) in [6.07, 6.45) is 4.59. The summed E-state index contributed by atoms with van der Waals surface area (Å²) in [5.74, 6) is 0.512. The van der Waals surface area contributed by atoms with Crippen LogP contribution in [-0.2, 0) is 0 Å². The van der Waals surface area contributed by atoms with Gasteiger partial charge in [-0.2, -0.15) is 0 Å². The summed E-state index contributed by atoms with van der Waals surface area (Å²) in [6.45, 7) is 2.83. The minimum atomic E-state index is -0.142. The molecule has 1 N–H and O–H groups in total. The van der Waals surface area contributed by atoms with Crippen LogP contribution < -0.4 is 10.1 Å². The van der Waals surface area contributed by atoms with E-state index in [9.17, 15) is 4.79 Å². The molecular weight excluding hydrogens is 528 g/mol. The highest BCUT2D eigenvalue weighted by atomic mass is 127. The maximum Gasteiger partial charge on any atom is 0.259 e. The maximum absolute atomic E-state index is 12.6. The van der Waals surface area contributed by atoms with Crippen molar-refractivity contribution < 1.29 is 9.53 Å². The highest BCUT2D eigenvalue weighted by Gasteiger charge is 2.13. The zero-order valence-electron chi connectivity index (χ0n) is 13.6. The number of halogens is 2. The number of rotatable bonds is 8. The monoisotopic (exact) mass is 549 g/mol. The van der Waals surface area contributed by atoms with Gasteiger partial charge >= 0.3 is 0 Å². The first-order chi connectivity index (χ1) is 11.6. The van der Waals surface area contributed by atoms with Crippen molar-refractivity contribution in [2.75, 3.05) is 11.9 Å². The third-order valence-electron chi connectivity index (χ3n) is 3.55. The lowest BCUT2D eigenvalue weighted by molar-refractivity contribution is 0.102. The van der Waals surface area contributed by atoms with E-state index >= 15 is 0 Å². The van der Waals surface area contributed by atoms with Crippen molar-refractivity contribution in [3.63, 3.8) is 0 Å². The lowest BCUT2D eigenvalue weighted by Crippen LogP contribution is -2.14. The van der Waals surface area contributed by atoms with Gasteiger partial charge in [0.15, 0.2) is 0 Å². The van der Waals surface area contributed by atoms with Crippen molar-refractivity contribution in [3.8, 4) is 5.75 Å². The number of nitrogens with one attached hydrogen (secondary N) is 1. The molecule has 1 amide bonds. The Morgan fingerprint density at radius 2 is 1.71 bits per heavy atom. The van der Waals surface area contributed by atoms with E-state index in [1.807, 2.05) is 42.5 Å². The first-order valence-corrected chi connectivity index (χ1v) is 10.2. The molecule has 0 fully saturated rings. The van der Waals surface area contributed by atoms with Gasteiger partial charge in [0.1, 0.15) is 5.75 Å². The predicted molar refractivity (Wildman–Crippen MR) is 116 cm³/mol. The molecule has 0 radical (unpaired) electrons. The first kappa shape index (κ1) is 19.5. The molecule has 0 aliphatic heterocycles. The zero-order chi connectivity index (χ0) is 17.4. The van der Waals surface area contributed by atoms with Gasteiger partial charge in [-0.1, -0.05) is 26.2 Å². The van der Waals surface area contributed by atoms with Gasteiger partial charge in [0.05, 0.1) is 12.2 Å². The number of ether oxygens (including phenoxy) is 1. The van der Waals surface area contributed by atoms with Crippen LogP contribution in [0.4, 0.5) is 5.69 Å². The summed E-state index contributed by atoms with van der Waals surface area (Å²) in [4.78, 5) is 12.6. The van der Waals surface area contributed by atoms with Gasteiger partial charge in [-0.15, -0.1) is 0 Å². The topological polar surface area (TPSA) is 38.3 Å². The first-order valence-electron chi connectivity index (χ1n) is 8.09. The van der Waals surface area contributed by atoms with Gasteiger partial charge in [-0.3, -0.25) is 4.79 Å². The van der Waals surface area contributed by atoms with Gasteiger partial charge < -0.3 is 10.1 Å². The average Bonchev–Trinajstić information content (AvgIpc) is 2.57. The standard InChI is InChI=1S/C19H21I2NO2/c1-2-3-4-5-12-24-18-13-15(21)8-11-17(18)19(23)22-16-9-6-14(20)7-10-16/h6-11,13H,2-5,12H2,1H3,(H,22,23). The van der Waals surface area contributed by atoms with E-state index < -0.39 is 0 Å². The number of amides is 1. The van der Waals surface area contributed by atoms with Crippen LogP contribution >= 0.6 is 45.2 Å². The van der Waals surface area contributed by atoms with Gasteiger partial charge in [0.25, 0.3) is 5.91 Å². The molecule has 2 rings (SSSR count). The normalized spacial score (nSPS) is 10.5. The second-order valence-electron chi connectivity index (χ2n) is 5.51. The zero-order valence-corrected chi connectivity index (χ0v) is 18.0. The Morgan fingerprint density at radius 1 is 1.00 bits per heavy atom. The minimum absolute atomic E-state index is 0.142. The number of benzene rings is 2. The van der Waals surface area contributed by atoms with Crippen LogP contribution in [0.15, 0.2) is 42.5 Å². The Morgan fingerprint density at radius 3 is 2.42 bits per heavy atom. The Labute approximate surface area is 170 Å². The van der Waals surface area contributed by atoms with Crippen LogP contribution in [0.3, 0.4) is 0 Å². The molecule has 0 aromatic heterocycles. The summed E-state index contributed by atoms with van der Waals surface area (Å²) < 4.78 is 8.07. The van der Waals surface area contributed by atoms with Crippen molar-refractivity contribution in [2.45, 2.75) is 32.6 Å². The second-order valence-corrected chi connectivity index (χ2v) is 8.00. The van der Waals surface area contributed by atoms with Crippen molar-refractivity contribution >= 4 is 56.8 Å². The lowest BCUT2D eigenvalue weighted by atomic mass is 10.1. The number of hydrogen-bond acceptors (Lipinski definition) is 2. The summed E-state index contributed by atoms with van der Waals surface area (Å²) in [5.41, 5.74) is 1.36. The Bertz CT molecular complexity index is 672. The highest BCUT2D eigenvalue weighted by Crippen LogP contribution is 2.23. The molecule has 0 heterocycles. The van der Waals surface area contributed by atoms with Crippen LogP contribution in [0, 0.1) is 7.14 Å². The van der Waals surface area contributed by atoms with Crippen LogP contribution in [0.5, 0.6) is 5.75 Å². The van der Waals surface area contributed by atoms with Crippen molar-refractivity contribution in [3.05, 3.63) is 55.2 Å². The van der Waals surface area contributed by atoms with Crippen LogP contribution in [-0.4, -0.2) is 12.5 Å². The number of carbonyl (C=O) groups is 1. The van der Waals surface area contributed by atoms with E-state index in [-0.39, 0.29) is 5.91 Å². The molecule has 5 heteroatoms. The Kier molecular flexibility index (Phi) is 8.31. The average molecular weight is 549 g/mol. The van der Waals surface area contributed by atoms with Crippen molar-refractivity contribution in [2.24, 2.45) is 0 Å². The maximum atomic E-state index is 12.6. The number of carbonyl (C=O) groups excluding carboxylic acids is 1. The van der Waals surface area contributed by atoms with E-state index in [2.05, 4.69) is 57.4 Å². The van der Waals surface area contributed by atoms with Crippen LogP contribution in [0.25, 0.3) is 0 Å². The number of hydrogen-bond donors (Lipinski definition) is 1. The summed E-state index contributed by atoms with van der Waals surface area (Å²) in [5, 5.41) is 2.93. The molecule has 0 spiro atoms. The molecule has 128 valence electrons. The summed E-state index contributed by atoms with van der Waals surface area (Å²) >= 11 is 4.48. The molecular formula is C19H21I2NO2. The molecule has 3 nitrogen and oxygen atoms in total. The quantitative estimate of drug-likeness (QED) is 0.319. The second kappa shape index (κ2) is 10.2. The molecule has 0 aliphatic rings. The van der Waals surface area contributed by atoms with E-state index in [1.54, 1.807) is 0 Å². The van der Waals surface area contributed by atoms with Crippen molar-refractivity contribution in [1.82, 2.24) is 0 Å². The van der Waals surface area contributed by atoms with Gasteiger partial charge in [-0.25, -0.2) is 0 Å². The lowest BCUT2D eigenvalue weighted by Gasteiger charge is -2.12. The molecule has 0 saturated carbocycles. The smallest absolute Gasteiger partial charge is 0.259 e. The Balaban J connectivity index is 2.04. The van der Waals surface area contributed by atoms with E-state index in [0.717, 1.165) is 25.7 Å². The fourth-order valence-corrected chi connectivity index (χ4v) is 3.07. The molecule has 0 bridgehead atoms. The van der Waals surface area contributed by atoms with E-state index in [1.165, 1.54) is 12.8 Å². The van der Waals surface area contributed by atoms with Crippen LogP contribution in [0.2, 0.25) is 0 Å². The van der Waals surface area contributed by atoms with Crippen LogP contribution in [0.1, 0.15) is 43.0 Å². The van der Waals surface area contributed by atoms with Gasteiger partial charge in [0, 0.05) is 12.8 Å². The third-order valence-corrected chi connectivity index (χ3v) is 4.94.